The fourth-order valence-electron chi connectivity index (χ4n) is 0.512. The minimum Gasteiger partial charge on any atom is -0.263 e. The van der Waals surface area contributed by atoms with E-state index in [-0.39, 0.29) is 6.61 Å². The van der Waals surface area contributed by atoms with E-state index in [1.54, 1.807) is 6.20 Å². The molecule has 0 spiro atoms. The number of hydrogen-bond donors (Lipinski definition) is 0. The monoisotopic (exact) mass is 271 g/mol. The van der Waals surface area contributed by atoms with Crippen LogP contribution in [0.4, 0.5) is 0 Å². The van der Waals surface area contributed by atoms with Gasteiger partial charge in [-0.05, 0) is 15.9 Å². The lowest BCUT2D eigenvalue weighted by atomic mass is 10.8. The summed E-state index contributed by atoms with van der Waals surface area (Å²) < 4.78 is 26.5. The van der Waals surface area contributed by atoms with Crippen LogP contribution in [0.25, 0.3) is 0 Å². The Morgan fingerprint density at radius 2 is 2.42 bits per heavy atom. The lowest BCUT2D eigenvalue weighted by Gasteiger charge is -1.95. The molecule has 1 rings (SSSR count). The second kappa shape index (κ2) is 3.82. The van der Waals surface area contributed by atoms with E-state index in [0.717, 1.165) is 10.0 Å². The van der Waals surface area contributed by atoms with Gasteiger partial charge in [-0.25, -0.2) is 4.98 Å². The minimum absolute atomic E-state index is 0.00903. The van der Waals surface area contributed by atoms with Crippen molar-refractivity contribution in [3.63, 3.8) is 0 Å². The molecule has 0 radical (unpaired) electrons. The van der Waals surface area contributed by atoms with Crippen LogP contribution in [0.5, 0.6) is 0 Å². The molecule has 0 saturated carbocycles. The van der Waals surface area contributed by atoms with Gasteiger partial charge in [-0.15, -0.1) is 11.3 Å². The first-order valence-corrected chi connectivity index (χ1v) is 6.34. The molecule has 68 valence electrons. The number of rotatable bonds is 3. The van der Waals surface area contributed by atoms with E-state index in [9.17, 15) is 8.42 Å². The Morgan fingerprint density at radius 1 is 1.75 bits per heavy atom. The number of halogens is 1. The summed E-state index contributed by atoms with van der Waals surface area (Å²) in [6.45, 7) is 0.00903. The molecular formula is C5H6BrNO3S2. The van der Waals surface area contributed by atoms with Crippen LogP contribution >= 0.6 is 27.3 Å². The summed E-state index contributed by atoms with van der Waals surface area (Å²) in [4.78, 5) is 3.90. The number of thiazole rings is 1. The molecule has 0 bridgehead atoms. The molecule has 0 aliphatic heterocycles. The first kappa shape index (κ1) is 10.1. The van der Waals surface area contributed by atoms with Gasteiger partial charge in [0.25, 0.3) is 10.1 Å². The third-order valence-electron chi connectivity index (χ3n) is 0.922. The number of nitrogens with zero attached hydrogens (tertiary/aromatic N) is 1. The lowest BCUT2D eigenvalue weighted by molar-refractivity contribution is 0.311. The number of aromatic nitrogens is 1. The summed E-state index contributed by atoms with van der Waals surface area (Å²) in [5, 5.41) is 0.632. The molecule has 12 heavy (non-hydrogen) atoms. The van der Waals surface area contributed by atoms with Crippen LogP contribution in [0.1, 0.15) is 5.01 Å². The first-order chi connectivity index (χ1) is 5.47. The van der Waals surface area contributed by atoms with Crippen molar-refractivity contribution < 1.29 is 12.6 Å². The molecule has 0 unspecified atom stereocenters. The highest BCUT2D eigenvalue weighted by atomic mass is 79.9. The summed E-state index contributed by atoms with van der Waals surface area (Å²) in [7, 11) is -3.36. The van der Waals surface area contributed by atoms with Gasteiger partial charge >= 0.3 is 0 Å². The fourth-order valence-corrected chi connectivity index (χ4v) is 2.13. The molecule has 7 heteroatoms. The van der Waals surface area contributed by atoms with Crippen molar-refractivity contribution in [3.8, 4) is 0 Å². The van der Waals surface area contributed by atoms with Crippen molar-refractivity contribution in [2.75, 3.05) is 6.26 Å². The van der Waals surface area contributed by atoms with Crippen molar-refractivity contribution in [2.24, 2.45) is 0 Å². The molecule has 0 aliphatic carbocycles. The third-order valence-corrected chi connectivity index (χ3v) is 2.92. The van der Waals surface area contributed by atoms with E-state index in [4.69, 9.17) is 0 Å². The maximum atomic E-state index is 10.6. The summed E-state index contributed by atoms with van der Waals surface area (Å²) >= 11 is 4.55. The smallest absolute Gasteiger partial charge is 0.263 e. The summed E-state index contributed by atoms with van der Waals surface area (Å²) in [6, 6.07) is 0. The van der Waals surface area contributed by atoms with E-state index < -0.39 is 10.1 Å². The van der Waals surface area contributed by atoms with Gasteiger partial charge in [0.15, 0.2) is 0 Å². The van der Waals surface area contributed by atoms with Crippen molar-refractivity contribution in [1.29, 1.82) is 0 Å². The third kappa shape index (κ3) is 3.61. The van der Waals surface area contributed by atoms with E-state index in [2.05, 4.69) is 25.1 Å². The average molecular weight is 272 g/mol. The van der Waals surface area contributed by atoms with Crippen LogP contribution in [0.15, 0.2) is 9.98 Å². The van der Waals surface area contributed by atoms with E-state index >= 15 is 0 Å². The number of hydrogen-bond acceptors (Lipinski definition) is 5. The highest BCUT2D eigenvalue weighted by molar-refractivity contribution is 9.11. The van der Waals surface area contributed by atoms with Gasteiger partial charge in [-0.2, -0.15) is 8.42 Å². The summed E-state index contributed by atoms with van der Waals surface area (Å²) in [5.74, 6) is 0. The topological polar surface area (TPSA) is 56.3 Å². The van der Waals surface area contributed by atoms with E-state index in [1.165, 1.54) is 11.3 Å². The molecule has 4 nitrogen and oxygen atoms in total. The second-order valence-electron chi connectivity index (χ2n) is 2.02. The normalized spacial score (nSPS) is 11.8. The summed E-state index contributed by atoms with van der Waals surface area (Å²) in [5.41, 5.74) is 0. The zero-order valence-electron chi connectivity index (χ0n) is 6.15. The summed E-state index contributed by atoms with van der Waals surface area (Å²) in [6.07, 6.45) is 2.61. The Kier molecular flexibility index (Phi) is 3.22. The van der Waals surface area contributed by atoms with Gasteiger partial charge in [0.1, 0.15) is 11.6 Å². The minimum atomic E-state index is -3.36. The Balaban J connectivity index is 2.55. The maximum Gasteiger partial charge on any atom is 0.264 e. The molecule has 0 amide bonds. The SMILES string of the molecule is CS(=O)(=O)OCc1ncc(Br)s1. The predicted octanol–water partition coefficient (Wildman–Crippen LogP) is 1.38. The zero-order valence-corrected chi connectivity index (χ0v) is 9.37. The van der Waals surface area contributed by atoms with Crippen LogP contribution in [-0.2, 0) is 20.9 Å². The highest BCUT2D eigenvalue weighted by Gasteiger charge is 2.05. The van der Waals surface area contributed by atoms with Gasteiger partial charge in [0.2, 0.25) is 0 Å². The molecule has 0 aromatic carbocycles. The fraction of sp³-hybridized carbons (Fsp3) is 0.400. The van der Waals surface area contributed by atoms with E-state index in [0.29, 0.717) is 5.01 Å². The van der Waals surface area contributed by atoms with Crippen LogP contribution in [0, 0.1) is 0 Å². The van der Waals surface area contributed by atoms with Gasteiger partial charge in [0.05, 0.1) is 16.2 Å². The predicted molar refractivity (Wildman–Crippen MR) is 49.4 cm³/mol. The lowest BCUT2D eigenvalue weighted by Crippen LogP contribution is -2.01. The van der Waals surface area contributed by atoms with Crippen molar-refractivity contribution in [2.45, 2.75) is 6.61 Å². The van der Waals surface area contributed by atoms with Gasteiger partial charge in [-0.1, -0.05) is 0 Å². The molecule has 0 saturated heterocycles. The average Bonchev–Trinajstić information content (AvgIpc) is 2.30. The Labute approximate surface area is 82.8 Å². The molecule has 0 fully saturated rings. The quantitative estimate of drug-likeness (QED) is 0.780. The van der Waals surface area contributed by atoms with Crippen molar-refractivity contribution >= 4 is 37.4 Å². The molecule has 0 N–H and O–H groups in total. The molecule has 1 aromatic heterocycles. The molecule has 1 aromatic rings. The van der Waals surface area contributed by atoms with Crippen molar-refractivity contribution in [1.82, 2.24) is 4.98 Å². The standard InChI is InChI=1S/C5H6BrNO3S2/c1-12(8,9)10-3-5-7-2-4(6)11-5/h2H,3H2,1H3. The van der Waals surface area contributed by atoms with Crippen LogP contribution in [0.3, 0.4) is 0 Å². The molecule has 0 atom stereocenters. The first-order valence-electron chi connectivity index (χ1n) is 2.92. The zero-order chi connectivity index (χ0) is 9.19. The molecule has 0 aliphatic rings. The maximum absolute atomic E-state index is 10.6. The van der Waals surface area contributed by atoms with Crippen LogP contribution in [0.2, 0.25) is 0 Å². The van der Waals surface area contributed by atoms with Crippen LogP contribution in [-0.4, -0.2) is 19.7 Å². The van der Waals surface area contributed by atoms with Gasteiger partial charge in [-0.3, -0.25) is 4.18 Å². The second-order valence-corrected chi connectivity index (χ2v) is 6.16. The highest BCUT2D eigenvalue weighted by Crippen LogP contribution is 2.19. The Hall–Kier alpha value is 0.0200. The van der Waals surface area contributed by atoms with E-state index in [1.807, 2.05) is 0 Å². The molecular weight excluding hydrogens is 266 g/mol. The van der Waals surface area contributed by atoms with Gasteiger partial charge < -0.3 is 0 Å². The Bertz CT molecular complexity index is 359. The largest absolute Gasteiger partial charge is 0.264 e. The van der Waals surface area contributed by atoms with Gasteiger partial charge in [0, 0.05) is 0 Å². The molecule has 1 heterocycles. The van der Waals surface area contributed by atoms with Crippen molar-refractivity contribution in [3.05, 3.63) is 15.0 Å². The van der Waals surface area contributed by atoms with Crippen LogP contribution < -0.4 is 0 Å². The Morgan fingerprint density at radius 3 is 2.83 bits per heavy atom.